The Bertz CT molecular complexity index is 476. The van der Waals surface area contributed by atoms with Crippen LogP contribution in [0.1, 0.15) is 17.0 Å². The van der Waals surface area contributed by atoms with Gasteiger partial charge in [0.15, 0.2) is 0 Å². The molecule has 0 saturated carbocycles. The van der Waals surface area contributed by atoms with Crippen molar-refractivity contribution in [2.24, 2.45) is 0 Å². The quantitative estimate of drug-likeness (QED) is 0.758. The molecule has 2 rings (SSSR count). The molecule has 0 amide bonds. The van der Waals surface area contributed by atoms with E-state index >= 15 is 0 Å². The zero-order chi connectivity index (χ0) is 12.8. The van der Waals surface area contributed by atoms with E-state index in [4.69, 9.17) is 5.11 Å². The Kier molecular flexibility index (Phi) is 4.50. The fourth-order valence-electron chi connectivity index (χ4n) is 1.83. The molecular formula is C14H19N3O. The van der Waals surface area contributed by atoms with Gasteiger partial charge in [0.1, 0.15) is 5.82 Å². The largest absolute Gasteiger partial charge is 0.392 e. The van der Waals surface area contributed by atoms with Crippen LogP contribution in [0.25, 0.3) is 0 Å². The molecule has 96 valence electrons. The van der Waals surface area contributed by atoms with Gasteiger partial charge in [-0.1, -0.05) is 24.3 Å². The van der Waals surface area contributed by atoms with Crippen molar-refractivity contribution in [1.82, 2.24) is 14.9 Å². The SMILES string of the molecule is Cc1nccn1CCNCc1ccc(CO)cc1. The van der Waals surface area contributed by atoms with Crippen molar-refractivity contribution in [3.63, 3.8) is 0 Å². The minimum absolute atomic E-state index is 0.105. The third-order valence-corrected chi connectivity index (χ3v) is 2.99. The summed E-state index contributed by atoms with van der Waals surface area (Å²) in [7, 11) is 0. The minimum atomic E-state index is 0.105. The third kappa shape index (κ3) is 3.42. The van der Waals surface area contributed by atoms with Crippen molar-refractivity contribution >= 4 is 0 Å². The lowest BCUT2D eigenvalue weighted by atomic mass is 10.1. The number of aryl methyl sites for hydroxylation is 1. The fraction of sp³-hybridized carbons (Fsp3) is 0.357. The maximum atomic E-state index is 8.95. The average molecular weight is 245 g/mol. The molecule has 0 unspecified atom stereocenters. The second kappa shape index (κ2) is 6.33. The van der Waals surface area contributed by atoms with Gasteiger partial charge in [-0.3, -0.25) is 0 Å². The Hall–Kier alpha value is -1.65. The summed E-state index contributed by atoms with van der Waals surface area (Å²) in [6, 6.07) is 8.00. The van der Waals surface area contributed by atoms with Crippen LogP contribution in [0, 0.1) is 6.92 Å². The van der Waals surface area contributed by atoms with Crippen LogP contribution in [0.2, 0.25) is 0 Å². The highest BCUT2D eigenvalue weighted by molar-refractivity contribution is 5.21. The van der Waals surface area contributed by atoms with Gasteiger partial charge >= 0.3 is 0 Å². The topological polar surface area (TPSA) is 50.1 Å². The maximum Gasteiger partial charge on any atom is 0.105 e. The predicted octanol–water partition coefficient (Wildman–Crippen LogP) is 1.47. The number of aliphatic hydroxyl groups is 1. The molecule has 0 aliphatic carbocycles. The second-order valence-electron chi connectivity index (χ2n) is 4.32. The van der Waals surface area contributed by atoms with E-state index in [2.05, 4.69) is 14.9 Å². The smallest absolute Gasteiger partial charge is 0.105 e. The molecule has 0 aliphatic rings. The van der Waals surface area contributed by atoms with Gasteiger partial charge in [-0.25, -0.2) is 4.98 Å². The normalized spacial score (nSPS) is 10.8. The van der Waals surface area contributed by atoms with E-state index in [9.17, 15) is 0 Å². The van der Waals surface area contributed by atoms with E-state index < -0.39 is 0 Å². The molecule has 2 N–H and O–H groups in total. The molecule has 0 bridgehead atoms. The number of hydrogen-bond acceptors (Lipinski definition) is 3. The summed E-state index contributed by atoms with van der Waals surface area (Å²) < 4.78 is 2.13. The summed E-state index contributed by atoms with van der Waals surface area (Å²) in [5, 5.41) is 12.3. The summed E-state index contributed by atoms with van der Waals surface area (Å²) in [5.74, 6) is 1.05. The first-order chi connectivity index (χ1) is 8.79. The van der Waals surface area contributed by atoms with E-state index in [0.29, 0.717) is 0 Å². The molecule has 1 heterocycles. The van der Waals surface area contributed by atoms with E-state index in [1.54, 1.807) is 0 Å². The molecule has 4 nitrogen and oxygen atoms in total. The zero-order valence-electron chi connectivity index (χ0n) is 10.6. The molecule has 1 aromatic carbocycles. The highest BCUT2D eigenvalue weighted by Gasteiger charge is 1.97. The lowest BCUT2D eigenvalue weighted by molar-refractivity contribution is 0.282. The van der Waals surface area contributed by atoms with Crippen LogP contribution in [0.3, 0.4) is 0 Å². The molecule has 0 saturated heterocycles. The number of rotatable bonds is 6. The highest BCUT2D eigenvalue weighted by Crippen LogP contribution is 2.03. The van der Waals surface area contributed by atoms with Crippen LogP contribution in [-0.2, 0) is 19.7 Å². The molecule has 0 atom stereocenters. The first-order valence-corrected chi connectivity index (χ1v) is 6.16. The molecule has 0 spiro atoms. The molecule has 0 fully saturated rings. The molecular weight excluding hydrogens is 226 g/mol. The Morgan fingerprint density at radius 1 is 1.22 bits per heavy atom. The number of aromatic nitrogens is 2. The van der Waals surface area contributed by atoms with Gasteiger partial charge in [0, 0.05) is 32.0 Å². The number of imidazole rings is 1. The van der Waals surface area contributed by atoms with Crippen molar-refractivity contribution in [3.05, 3.63) is 53.6 Å². The van der Waals surface area contributed by atoms with Gasteiger partial charge in [-0.15, -0.1) is 0 Å². The van der Waals surface area contributed by atoms with Gasteiger partial charge in [-0.05, 0) is 18.1 Å². The number of nitrogens with one attached hydrogen (secondary N) is 1. The molecule has 4 heteroatoms. The third-order valence-electron chi connectivity index (χ3n) is 2.99. The Balaban J connectivity index is 1.73. The van der Waals surface area contributed by atoms with Gasteiger partial charge in [0.2, 0.25) is 0 Å². The van der Waals surface area contributed by atoms with Gasteiger partial charge in [0.05, 0.1) is 6.61 Å². The van der Waals surface area contributed by atoms with E-state index in [0.717, 1.165) is 31.0 Å². The molecule has 1 aromatic heterocycles. The summed E-state index contributed by atoms with van der Waals surface area (Å²) in [6.45, 7) is 4.81. The first kappa shape index (κ1) is 12.8. The van der Waals surface area contributed by atoms with Crippen LogP contribution < -0.4 is 5.32 Å². The van der Waals surface area contributed by atoms with Crippen LogP contribution in [-0.4, -0.2) is 21.2 Å². The summed E-state index contributed by atoms with van der Waals surface area (Å²) in [6.07, 6.45) is 3.82. The van der Waals surface area contributed by atoms with E-state index in [1.165, 1.54) is 5.56 Å². The van der Waals surface area contributed by atoms with Crippen LogP contribution in [0.5, 0.6) is 0 Å². The monoisotopic (exact) mass is 245 g/mol. The maximum absolute atomic E-state index is 8.95. The van der Waals surface area contributed by atoms with Crippen molar-refractivity contribution in [3.8, 4) is 0 Å². The summed E-state index contributed by atoms with van der Waals surface area (Å²) in [4.78, 5) is 4.18. The van der Waals surface area contributed by atoms with Gasteiger partial charge in [0.25, 0.3) is 0 Å². The van der Waals surface area contributed by atoms with Crippen LogP contribution in [0.15, 0.2) is 36.7 Å². The molecule has 0 radical (unpaired) electrons. The van der Waals surface area contributed by atoms with E-state index in [-0.39, 0.29) is 6.61 Å². The summed E-state index contributed by atoms with van der Waals surface area (Å²) >= 11 is 0. The fourth-order valence-corrected chi connectivity index (χ4v) is 1.83. The Morgan fingerprint density at radius 3 is 2.56 bits per heavy atom. The van der Waals surface area contributed by atoms with Crippen molar-refractivity contribution in [2.45, 2.75) is 26.6 Å². The minimum Gasteiger partial charge on any atom is -0.392 e. The number of benzene rings is 1. The first-order valence-electron chi connectivity index (χ1n) is 6.16. The van der Waals surface area contributed by atoms with Gasteiger partial charge < -0.3 is 15.0 Å². The van der Waals surface area contributed by atoms with Gasteiger partial charge in [-0.2, -0.15) is 0 Å². The standard InChI is InChI=1S/C14H19N3O/c1-12-16-7-9-17(12)8-6-15-10-13-2-4-14(11-18)5-3-13/h2-5,7,9,15,18H,6,8,10-11H2,1H3. The highest BCUT2D eigenvalue weighted by atomic mass is 16.3. The molecule has 0 aliphatic heterocycles. The lowest BCUT2D eigenvalue weighted by Crippen LogP contribution is -2.19. The summed E-state index contributed by atoms with van der Waals surface area (Å²) in [5.41, 5.74) is 2.18. The zero-order valence-corrected chi connectivity index (χ0v) is 10.6. The number of nitrogens with zero attached hydrogens (tertiary/aromatic N) is 2. The van der Waals surface area contributed by atoms with E-state index in [1.807, 2.05) is 43.6 Å². The average Bonchev–Trinajstić information content (AvgIpc) is 2.81. The molecule has 2 aromatic rings. The number of aliphatic hydroxyl groups excluding tert-OH is 1. The van der Waals surface area contributed by atoms with Crippen molar-refractivity contribution < 1.29 is 5.11 Å². The lowest BCUT2D eigenvalue weighted by Gasteiger charge is -2.07. The molecule has 18 heavy (non-hydrogen) atoms. The number of hydrogen-bond donors (Lipinski definition) is 2. The predicted molar refractivity (Wildman–Crippen MR) is 71.0 cm³/mol. The van der Waals surface area contributed by atoms with Crippen molar-refractivity contribution in [2.75, 3.05) is 6.54 Å². The van der Waals surface area contributed by atoms with Crippen molar-refractivity contribution in [1.29, 1.82) is 0 Å². The van der Waals surface area contributed by atoms with Crippen LogP contribution >= 0.6 is 0 Å². The second-order valence-corrected chi connectivity index (χ2v) is 4.32. The van der Waals surface area contributed by atoms with Crippen LogP contribution in [0.4, 0.5) is 0 Å². The Labute approximate surface area is 107 Å². The Morgan fingerprint density at radius 2 is 1.94 bits per heavy atom.